The van der Waals surface area contributed by atoms with Gasteiger partial charge in [-0.3, -0.25) is 0 Å². The monoisotopic (exact) mass is 281 g/mol. The molecule has 0 radical (unpaired) electrons. The molecule has 0 aromatic heterocycles. The lowest BCUT2D eigenvalue weighted by Gasteiger charge is -2.22. The smallest absolute Gasteiger partial charge is 0.170 e. The lowest BCUT2D eigenvalue weighted by Crippen LogP contribution is -2.32. The van der Waals surface area contributed by atoms with Crippen molar-refractivity contribution in [3.05, 3.63) is 35.1 Å². The number of nitrogens with two attached hydrogens (primary N) is 1. The van der Waals surface area contributed by atoms with E-state index in [-0.39, 0.29) is 11.7 Å². The largest absolute Gasteiger partial charge is 0.409 e. The van der Waals surface area contributed by atoms with Gasteiger partial charge in [0.25, 0.3) is 0 Å². The quantitative estimate of drug-likeness (QED) is 0.311. The molecule has 0 saturated heterocycles. The molecule has 0 heterocycles. The van der Waals surface area contributed by atoms with Crippen LogP contribution in [0.4, 0.5) is 4.39 Å². The van der Waals surface area contributed by atoms with Crippen molar-refractivity contribution in [1.29, 1.82) is 0 Å². The molecule has 0 saturated carbocycles. The minimum Gasteiger partial charge on any atom is -0.409 e. The number of oxime groups is 1. The van der Waals surface area contributed by atoms with Crippen LogP contribution in [0.25, 0.3) is 0 Å². The molecule has 0 bridgehead atoms. The molecule has 1 rings (SSSR count). The minimum absolute atomic E-state index is 0.0845. The molecule has 1 unspecified atom stereocenters. The predicted molar refractivity (Wildman–Crippen MR) is 79.3 cm³/mol. The Morgan fingerprint density at radius 1 is 1.35 bits per heavy atom. The van der Waals surface area contributed by atoms with Gasteiger partial charge in [-0.2, -0.15) is 0 Å². The second-order valence-corrected chi connectivity index (χ2v) is 5.08. The molecule has 0 aliphatic rings. The van der Waals surface area contributed by atoms with Crippen LogP contribution in [0.3, 0.4) is 0 Å². The van der Waals surface area contributed by atoms with Crippen LogP contribution in [0.5, 0.6) is 0 Å². The van der Waals surface area contributed by atoms with E-state index in [1.165, 1.54) is 12.1 Å². The molecule has 0 aliphatic heterocycles. The average Bonchev–Trinajstić information content (AvgIpc) is 2.45. The van der Waals surface area contributed by atoms with Crippen molar-refractivity contribution in [3.8, 4) is 0 Å². The zero-order valence-electron chi connectivity index (χ0n) is 12.4. The van der Waals surface area contributed by atoms with E-state index in [1.807, 2.05) is 0 Å². The second kappa shape index (κ2) is 7.85. The van der Waals surface area contributed by atoms with Crippen LogP contribution >= 0.6 is 0 Å². The fourth-order valence-electron chi connectivity index (χ4n) is 2.40. The maximum Gasteiger partial charge on any atom is 0.170 e. The van der Waals surface area contributed by atoms with Crippen LogP contribution < -0.4 is 11.1 Å². The maximum atomic E-state index is 13.5. The van der Waals surface area contributed by atoms with E-state index in [2.05, 4.69) is 31.2 Å². The third-order valence-electron chi connectivity index (χ3n) is 3.75. The summed E-state index contributed by atoms with van der Waals surface area (Å²) in [5, 5.41) is 15.0. The van der Waals surface area contributed by atoms with Crippen molar-refractivity contribution in [2.75, 3.05) is 0 Å². The highest BCUT2D eigenvalue weighted by molar-refractivity contribution is 5.97. The number of hydrogen-bond donors (Lipinski definition) is 3. The van der Waals surface area contributed by atoms with Gasteiger partial charge >= 0.3 is 0 Å². The van der Waals surface area contributed by atoms with Gasteiger partial charge in [0.2, 0.25) is 0 Å². The SMILES string of the molecule is CCC(CC)C(C)NCc1cc(F)cc(/C(N)=N/O)c1. The zero-order chi connectivity index (χ0) is 15.1. The van der Waals surface area contributed by atoms with Crippen molar-refractivity contribution in [2.45, 2.75) is 46.2 Å². The van der Waals surface area contributed by atoms with Gasteiger partial charge in [-0.25, -0.2) is 4.39 Å². The van der Waals surface area contributed by atoms with Crippen LogP contribution in [-0.2, 0) is 6.54 Å². The van der Waals surface area contributed by atoms with Crippen molar-refractivity contribution < 1.29 is 9.60 Å². The summed E-state index contributed by atoms with van der Waals surface area (Å²) in [7, 11) is 0. The molecule has 4 N–H and O–H groups in total. The molecule has 0 spiro atoms. The first-order valence-electron chi connectivity index (χ1n) is 7.02. The van der Waals surface area contributed by atoms with Gasteiger partial charge < -0.3 is 16.3 Å². The third-order valence-corrected chi connectivity index (χ3v) is 3.75. The highest BCUT2D eigenvalue weighted by atomic mass is 19.1. The van der Waals surface area contributed by atoms with Gasteiger partial charge in [0.05, 0.1) is 0 Å². The second-order valence-electron chi connectivity index (χ2n) is 5.08. The Labute approximate surface area is 119 Å². The van der Waals surface area contributed by atoms with E-state index in [9.17, 15) is 4.39 Å². The Hall–Kier alpha value is -1.62. The zero-order valence-corrected chi connectivity index (χ0v) is 12.4. The van der Waals surface area contributed by atoms with Crippen molar-refractivity contribution >= 4 is 5.84 Å². The fraction of sp³-hybridized carbons (Fsp3) is 0.533. The van der Waals surface area contributed by atoms with Crippen molar-refractivity contribution in [2.24, 2.45) is 16.8 Å². The molecule has 4 nitrogen and oxygen atoms in total. The van der Waals surface area contributed by atoms with E-state index in [0.29, 0.717) is 24.1 Å². The van der Waals surface area contributed by atoms with Gasteiger partial charge in [0.15, 0.2) is 5.84 Å². The number of rotatable bonds is 7. The lowest BCUT2D eigenvalue weighted by atomic mass is 9.95. The topological polar surface area (TPSA) is 70.6 Å². The van der Waals surface area contributed by atoms with Crippen LogP contribution in [0.1, 0.15) is 44.7 Å². The first kappa shape index (κ1) is 16.4. The lowest BCUT2D eigenvalue weighted by molar-refractivity contribution is 0.318. The van der Waals surface area contributed by atoms with Gasteiger partial charge in [0, 0.05) is 18.2 Å². The fourth-order valence-corrected chi connectivity index (χ4v) is 2.40. The predicted octanol–water partition coefficient (Wildman–Crippen LogP) is 2.83. The van der Waals surface area contributed by atoms with E-state index < -0.39 is 0 Å². The van der Waals surface area contributed by atoms with E-state index in [4.69, 9.17) is 10.9 Å². The number of benzene rings is 1. The molecule has 5 heteroatoms. The number of nitrogens with zero attached hydrogens (tertiary/aromatic N) is 1. The Morgan fingerprint density at radius 2 is 2.00 bits per heavy atom. The van der Waals surface area contributed by atoms with Gasteiger partial charge in [-0.1, -0.05) is 31.8 Å². The maximum absolute atomic E-state index is 13.5. The van der Waals surface area contributed by atoms with E-state index in [1.54, 1.807) is 6.07 Å². The van der Waals surface area contributed by atoms with Crippen LogP contribution in [-0.4, -0.2) is 17.1 Å². The molecule has 0 aliphatic carbocycles. The highest BCUT2D eigenvalue weighted by Gasteiger charge is 2.13. The summed E-state index contributed by atoms with van der Waals surface area (Å²) in [6.07, 6.45) is 2.23. The molecular weight excluding hydrogens is 257 g/mol. The Bertz CT molecular complexity index is 458. The Kier molecular flexibility index (Phi) is 6.45. The summed E-state index contributed by atoms with van der Waals surface area (Å²) in [5.74, 6) is 0.131. The first-order valence-corrected chi connectivity index (χ1v) is 7.02. The molecule has 1 aromatic rings. The van der Waals surface area contributed by atoms with E-state index in [0.717, 1.165) is 18.4 Å². The summed E-state index contributed by atoms with van der Waals surface area (Å²) in [5.41, 5.74) is 6.66. The summed E-state index contributed by atoms with van der Waals surface area (Å²) in [6, 6.07) is 4.80. The van der Waals surface area contributed by atoms with E-state index >= 15 is 0 Å². The van der Waals surface area contributed by atoms with Gasteiger partial charge in [-0.05, 0) is 36.6 Å². The van der Waals surface area contributed by atoms with Crippen LogP contribution in [0.2, 0.25) is 0 Å². The highest BCUT2D eigenvalue weighted by Crippen LogP contribution is 2.14. The number of nitrogens with one attached hydrogen (secondary N) is 1. The number of hydrogen-bond acceptors (Lipinski definition) is 3. The first-order chi connectivity index (χ1) is 9.51. The summed E-state index contributed by atoms with van der Waals surface area (Å²) in [6.45, 7) is 7.04. The standard InChI is InChI=1S/C15H24FN3O/c1-4-12(5-2)10(3)18-9-11-6-13(15(17)19-20)8-14(16)7-11/h6-8,10,12,18,20H,4-5,9H2,1-3H3,(H2,17,19). The minimum atomic E-state index is -0.388. The van der Waals surface area contributed by atoms with Crippen LogP contribution in [0, 0.1) is 11.7 Å². The van der Waals surface area contributed by atoms with Gasteiger partial charge in [0.1, 0.15) is 5.82 Å². The Balaban J connectivity index is 2.75. The molecule has 20 heavy (non-hydrogen) atoms. The molecule has 0 amide bonds. The molecule has 112 valence electrons. The molecule has 0 fully saturated rings. The normalized spacial score (nSPS) is 13.8. The molecule has 1 atom stereocenters. The van der Waals surface area contributed by atoms with Crippen LogP contribution in [0.15, 0.2) is 23.4 Å². The molecule has 1 aromatic carbocycles. The van der Waals surface area contributed by atoms with Crippen molar-refractivity contribution in [3.63, 3.8) is 0 Å². The molecular formula is C15H24FN3O. The summed E-state index contributed by atoms with van der Waals surface area (Å²) < 4.78 is 13.5. The number of halogens is 1. The summed E-state index contributed by atoms with van der Waals surface area (Å²) in [4.78, 5) is 0. The summed E-state index contributed by atoms with van der Waals surface area (Å²) >= 11 is 0. The van der Waals surface area contributed by atoms with Crippen molar-refractivity contribution in [1.82, 2.24) is 5.32 Å². The van der Waals surface area contributed by atoms with Gasteiger partial charge in [-0.15, -0.1) is 0 Å². The average molecular weight is 281 g/mol. The number of amidine groups is 1. The Morgan fingerprint density at radius 3 is 2.55 bits per heavy atom. The third kappa shape index (κ3) is 4.49.